The van der Waals surface area contributed by atoms with Gasteiger partial charge < -0.3 is 10.8 Å². The number of halogens is 1. The van der Waals surface area contributed by atoms with Gasteiger partial charge in [0.25, 0.3) is 0 Å². The lowest BCUT2D eigenvalue weighted by Gasteiger charge is -2.29. The van der Waals surface area contributed by atoms with Crippen molar-refractivity contribution in [3.63, 3.8) is 0 Å². The maximum absolute atomic E-state index is 13.0. The van der Waals surface area contributed by atoms with Crippen molar-refractivity contribution in [2.75, 3.05) is 6.54 Å². The number of carbonyl (C=O) groups is 1. The first kappa shape index (κ1) is 15.2. The van der Waals surface area contributed by atoms with Crippen molar-refractivity contribution in [1.29, 1.82) is 0 Å². The van der Waals surface area contributed by atoms with Crippen molar-refractivity contribution >= 4 is 5.97 Å². The standard InChI is InChI=1S/C17H18FNO2/c1-12-3-2-4-14(9-12)17(11-19,16(20)21)10-13-5-7-15(18)8-6-13/h2-9H,10-11,19H2,1H3,(H,20,21). The molecule has 3 nitrogen and oxygen atoms in total. The summed E-state index contributed by atoms with van der Waals surface area (Å²) in [6.07, 6.45) is 0.225. The normalized spacial score (nSPS) is 13.7. The molecule has 0 spiro atoms. The van der Waals surface area contributed by atoms with Crippen LogP contribution < -0.4 is 5.73 Å². The number of rotatable bonds is 5. The second-order valence-electron chi connectivity index (χ2n) is 5.26. The van der Waals surface area contributed by atoms with E-state index < -0.39 is 11.4 Å². The fourth-order valence-electron chi connectivity index (χ4n) is 2.47. The van der Waals surface area contributed by atoms with Crippen LogP contribution >= 0.6 is 0 Å². The Morgan fingerprint density at radius 2 is 1.90 bits per heavy atom. The van der Waals surface area contributed by atoms with Gasteiger partial charge in [-0.1, -0.05) is 42.0 Å². The molecule has 3 N–H and O–H groups in total. The van der Waals surface area contributed by atoms with Crippen molar-refractivity contribution in [1.82, 2.24) is 0 Å². The Labute approximate surface area is 123 Å². The summed E-state index contributed by atoms with van der Waals surface area (Å²) in [5.41, 5.74) is 7.00. The summed E-state index contributed by atoms with van der Waals surface area (Å²) < 4.78 is 13.0. The van der Waals surface area contributed by atoms with Crippen LogP contribution in [0.2, 0.25) is 0 Å². The van der Waals surface area contributed by atoms with E-state index in [1.54, 1.807) is 18.2 Å². The molecule has 0 aliphatic heterocycles. The lowest BCUT2D eigenvalue weighted by molar-refractivity contribution is -0.143. The predicted molar refractivity (Wildman–Crippen MR) is 79.7 cm³/mol. The van der Waals surface area contributed by atoms with Gasteiger partial charge in [-0.15, -0.1) is 0 Å². The van der Waals surface area contributed by atoms with Crippen LogP contribution in [-0.2, 0) is 16.6 Å². The van der Waals surface area contributed by atoms with E-state index in [0.717, 1.165) is 11.1 Å². The largest absolute Gasteiger partial charge is 0.481 e. The smallest absolute Gasteiger partial charge is 0.315 e. The number of nitrogens with two attached hydrogens (primary N) is 1. The molecule has 0 heterocycles. The summed E-state index contributed by atoms with van der Waals surface area (Å²) in [7, 11) is 0. The van der Waals surface area contributed by atoms with Crippen molar-refractivity contribution < 1.29 is 14.3 Å². The Hall–Kier alpha value is -2.20. The Morgan fingerprint density at radius 1 is 1.24 bits per heavy atom. The summed E-state index contributed by atoms with van der Waals surface area (Å²) in [4.78, 5) is 11.9. The second kappa shape index (κ2) is 6.06. The van der Waals surface area contributed by atoms with E-state index in [-0.39, 0.29) is 18.8 Å². The Morgan fingerprint density at radius 3 is 2.43 bits per heavy atom. The fraction of sp³-hybridized carbons (Fsp3) is 0.235. The molecule has 0 radical (unpaired) electrons. The molecular formula is C17H18FNO2. The van der Waals surface area contributed by atoms with Crippen LogP contribution in [0.5, 0.6) is 0 Å². The number of carboxylic acids is 1. The molecule has 0 aromatic heterocycles. The average molecular weight is 287 g/mol. The Bertz CT molecular complexity index is 639. The lowest BCUT2D eigenvalue weighted by Crippen LogP contribution is -2.45. The summed E-state index contributed by atoms with van der Waals surface area (Å²) in [6, 6.07) is 13.2. The van der Waals surface area contributed by atoms with Crippen LogP contribution in [0.4, 0.5) is 4.39 Å². The van der Waals surface area contributed by atoms with Gasteiger partial charge >= 0.3 is 5.97 Å². The zero-order chi connectivity index (χ0) is 15.5. The average Bonchev–Trinajstić information content (AvgIpc) is 2.46. The van der Waals surface area contributed by atoms with Gasteiger partial charge in [0.15, 0.2) is 0 Å². The predicted octanol–water partition coefficient (Wildman–Crippen LogP) is 2.66. The maximum atomic E-state index is 13.0. The van der Waals surface area contributed by atoms with Crippen LogP contribution in [-0.4, -0.2) is 17.6 Å². The summed E-state index contributed by atoms with van der Waals surface area (Å²) in [5, 5.41) is 9.73. The van der Waals surface area contributed by atoms with Gasteiger partial charge in [0.1, 0.15) is 11.2 Å². The first-order chi connectivity index (χ1) is 9.98. The molecule has 0 bridgehead atoms. The van der Waals surface area contributed by atoms with Crippen LogP contribution in [0.15, 0.2) is 48.5 Å². The van der Waals surface area contributed by atoms with Crippen molar-refractivity contribution in [3.05, 3.63) is 71.0 Å². The number of aliphatic carboxylic acids is 1. The second-order valence-corrected chi connectivity index (χ2v) is 5.26. The minimum atomic E-state index is -1.20. The van der Waals surface area contributed by atoms with Gasteiger partial charge in [-0.05, 0) is 36.6 Å². The van der Waals surface area contributed by atoms with Crippen molar-refractivity contribution in [3.8, 4) is 0 Å². The van der Waals surface area contributed by atoms with Crippen LogP contribution in [0.3, 0.4) is 0 Å². The molecule has 0 aliphatic carbocycles. The summed E-state index contributed by atoms with van der Waals surface area (Å²) >= 11 is 0. The van der Waals surface area contributed by atoms with E-state index in [9.17, 15) is 14.3 Å². The third-order valence-electron chi connectivity index (χ3n) is 3.75. The molecule has 0 saturated heterocycles. The summed E-state index contributed by atoms with van der Waals surface area (Å²) in [6.45, 7) is 1.88. The van der Waals surface area contributed by atoms with Gasteiger partial charge in [-0.25, -0.2) is 4.39 Å². The topological polar surface area (TPSA) is 63.3 Å². The fourth-order valence-corrected chi connectivity index (χ4v) is 2.47. The summed E-state index contributed by atoms with van der Waals surface area (Å²) in [5.74, 6) is -1.32. The quantitative estimate of drug-likeness (QED) is 0.888. The highest BCUT2D eigenvalue weighted by Crippen LogP contribution is 2.29. The highest BCUT2D eigenvalue weighted by molar-refractivity contribution is 5.82. The molecular weight excluding hydrogens is 269 g/mol. The molecule has 110 valence electrons. The zero-order valence-corrected chi connectivity index (χ0v) is 11.8. The lowest BCUT2D eigenvalue weighted by atomic mass is 9.75. The molecule has 4 heteroatoms. The number of aryl methyl sites for hydroxylation is 1. The van der Waals surface area contributed by atoms with E-state index >= 15 is 0 Å². The number of hydrogen-bond donors (Lipinski definition) is 2. The minimum absolute atomic E-state index is 0.0246. The molecule has 2 aromatic carbocycles. The van der Waals surface area contributed by atoms with Gasteiger partial charge in [-0.2, -0.15) is 0 Å². The van der Waals surface area contributed by atoms with Gasteiger partial charge in [0, 0.05) is 6.54 Å². The molecule has 0 saturated carbocycles. The molecule has 1 unspecified atom stereocenters. The van der Waals surface area contributed by atoms with E-state index in [0.29, 0.717) is 5.56 Å². The highest BCUT2D eigenvalue weighted by Gasteiger charge is 2.39. The third-order valence-corrected chi connectivity index (χ3v) is 3.75. The molecule has 2 aromatic rings. The third kappa shape index (κ3) is 3.11. The van der Waals surface area contributed by atoms with E-state index in [1.807, 2.05) is 25.1 Å². The maximum Gasteiger partial charge on any atom is 0.315 e. The zero-order valence-electron chi connectivity index (χ0n) is 11.8. The van der Waals surface area contributed by atoms with Crippen molar-refractivity contribution in [2.24, 2.45) is 5.73 Å². The van der Waals surface area contributed by atoms with Crippen LogP contribution in [0, 0.1) is 12.7 Å². The number of benzene rings is 2. The van der Waals surface area contributed by atoms with E-state index in [1.165, 1.54) is 12.1 Å². The van der Waals surface area contributed by atoms with E-state index in [4.69, 9.17) is 5.73 Å². The molecule has 0 aliphatic rings. The Balaban J connectivity index is 2.46. The van der Waals surface area contributed by atoms with Crippen LogP contribution in [0.1, 0.15) is 16.7 Å². The SMILES string of the molecule is Cc1cccc(C(CN)(Cc2ccc(F)cc2)C(=O)O)c1. The van der Waals surface area contributed by atoms with Crippen LogP contribution in [0.25, 0.3) is 0 Å². The monoisotopic (exact) mass is 287 g/mol. The minimum Gasteiger partial charge on any atom is -0.481 e. The molecule has 21 heavy (non-hydrogen) atoms. The van der Waals surface area contributed by atoms with Gasteiger partial charge in [-0.3, -0.25) is 4.79 Å². The first-order valence-corrected chi connectivity index (χ1v) is 6.73. The van der Waals surface area contributed by atoms with E-state index in [2.05, 4.69) is 0 Å². The van der Waals surface area contributed by atoms with Crippen molar-refractivity contribution in [2.45, 2.75) is 18.8 Å². The molecule has 0 fully saturated rings. The number of hydrogen-bond acceptors (Lipinski definition) is 2. The Kier molecular flexibility index (Phi) is 4.38. The highest BCUT2D eigenvalue weighted by atomic mass is 19.1. The number of carboxylic acid groups (broad SMARTS) is 1. The molecule has 2 rings (SSSR count). The molecule has 1 atom stereocenters. The van der Waals surface area contributed by atoms with Gasteiger partial charge in [0.05, 0.1) is 0 Å². The molecule has 0 amide bonds. The first-order valence-electron chi connectivity index (χ1n) is 6.73. The van der Waals surface area contributed by atoms with Gasteiger partial charge in [0.2, 0.25) is 0 Å².